The maximum absolute atomic E-state index is 12.7. The van der Waals surface area contributed by atoms with Gasteiger partial charge in [0.1, 0.15) is 5.75 Å². The second kappa shape index (κ2) is 9.35. The fraction of sp³-hybridized carbons (Fsp3) is 0.240. The molecule has 5 nitrogen and oxygen atoms in total. The van der Waals surface area contributed by atoms with Crippen molar-refractivity contribution in [2.45, 2.75) is 23.6 Å². The fourth-order valence-corrected chi connectivity index (χ4v) is 4.50. The predicted octanol–water partition coefficient (Wildman–Crippen LogP) is 5.51. The summed E-state index contributed by atoms with van der Waals surface area (Å²) in [5.41, 5.74) is 4.37. The molecule has 2 amide bonds. The highest BCUT2D eigenvalue weighted by atomic mass is 32.2. The lowest BCUT2D eigenvalue weighted by Gasteiger charge is -2.36. The van der Waals surface area contributed by atoms with Crippen LogP contribution in [0, 0.1) is 13.8 Å². The van der Waals surface area contributed by atoms with Gasteiger partial charge in [-0.3, -0.25) is 0 Å². The van der Waals surface area contributed by atoms with Crippen LogP contribution in [0.1, 0.15) is 11.1 Å². The van der Waals surface area contributed by atoms with Crippen LogP contribution in [0.5, 0.6) is 5.75 Å². The van der Waals surface area contributed by atoms with Gasteiger partial charge in [-0.2, -0.15) is 0 Å². The number of phenolic OH excluding ortho intramolecular Hbond substituents is 1. The number of aromatic hydroxyl groups is 1. The molecule has 1 aliphatic rings. The van der Waals surface area contributed by atoms with Crippen LogP contribution < -0.4 is 10.2 Å². The van der Waals surface area contributed by atoms with Crippen molar-refractivity contribution < 1.29 is 9.90 Å². The summed E-state index contributed by atoms with van der Waals surface area (Å²) >= 11 is 1.72. The van der Waals surface area contributed by atoms with E-state index in [4.69, 9.17) is 0 Å². The normalized spacial score (nSPS) is 13.9. The molecule has 0 unspecified atom stereocenters. The van der Waals surface area contributed by atoms with Crippen molar-refractivity contribution in [2.75, 3.05) is 36.4 Å². The van der Waals surface area contributed by atoms with Gasteiger partial charge in [-0.05, 0) is 73.5 Å². The van der Waals surface area contributed by atoms with E-state index in [0.29, 0.717) is 13.1 Å². The Bertz CT molecular complexity index is 1060. The van der Waals surface area contributed by atoms with Crippen LogP contribution in [-0.2, 0) is 0 Å². The van der Waals surface area contributed by atoms with Gasteiger partial charge in [-0.25, -0.2) is 4.79 Å². The third kappa shape index (κ3) is 5.33. The molecule has 6 heteroatoms. The summed E-state index contributed by atoms with van der Waals surface area (Å²) in [4.78, 5) is 19.0. The van der Waals surface area contributed by atoms with Crippen LogP contribution in [-0.4, -0.2) is 42.2 Å². The van der Waals surface area contributed by atoms with E-state index in [0.717, 1.165) is 29.4 Å². The largest absolute Gasteiger partial charge is 0.508 e. The Labute approximate surface area is 187 Å². The monoisotopic (exact) mass is 433 g/mol. The Balaban J connectivity index is 1.30. The number of piperazine rings is 1. The topological polar surface area (TPSA) is 55.8 Å². The van der Waals surface area contributed by atoms with Crippen molar-refractivity contribution in [2.24, 2.45) is 0 Å². The molecule has 0 spiro atoms. The number of nitrogens with one attached hydrogen (secondary N) is 1. The average Bonchev–Trinajstić information content (AvgIpc) is 2.78. The lowest BCUT2D eigenvalue weighted by Crippen LogP contribution is -2.50. The zero-order valence-electron chi connectivity index (χ0n) is 17.8. The van der Waals surface area contributed by atoms with Gasteiger partial charge < -0.3 is 20.2 Å². The van der Waals surface area contributed by atoms with Gasteiger partial charge in [0.2, 0.25) is 0 Å². The molecule has 0 aliphatic carbocycles. The van der Waals surface area contributed by atoms with Crippen LogP contribution in [0.2, 0.25) is 0 Å². The molecule has 1 saturated heterocycles. The Kier molecular flexibility index (Phi) is 6.37. The van der Waals surface area contributed by atoms with Crippen LogP contribution in [0.15, 0.2) is 76.5 Å². The summed E-state index contributed by atoms with van der Waals surface area (Å²) < 4.78 is 0. The van der Waals surface area contributed by atoms with E-state index in [1.54, 1.807) is 23.9 Å². The van der Waals surface area contributed by atoms with E-state index >= 15 is 0 Å². The molecule has 0 saturated carbocycles. The van der Waals surface area contributed by atoms with E-state index in [2.05, 4.69) is 42.3 Å². The first kappa shape index (κ1) is 21.1. The summed E-state index contributed by atoms with van der Waals surface area (Å²) in [6.45, 7) is 7.00. The Hall–Kier alpha value is -3.12. The standard InChI is InChI=1S/C25H27N3O2S/c1-18-6-9-24(16-19(18)2)31-23-10-7-20(8-11-23)26-25(30)28-14-12-27(13-15-28)21-4-3-5-22(29)17-21/h3-11,16-17,29H,12-15H2,1-2H3,(H,26,30). The highest BCUT2D eigenvalue weighted by Gasteiger charge is 2.21. The van der Waals surface area contributed by atoms with Crippen LogP contribution in [0.25, 0.3) is 0 Å². The van der Waals surface area contributed by atoms with Crippen molar-refractivity contribution in [3.8, 4) is 5.75 Å². The van der Waals surface area contributed by atoms with Crippen molar-refractivity contribution in [1.82, 2.24) is 4.90 Å². The smallest absolute Gasteiger partial charge is 0.321 e. The Morgan fingerprint density at radius 2 is 1.58 bits per heavy atom. The quantitative estimate of drug-likeness (QED) is 0.569. The van der Waals surface area contributed by atoms with Gasteiger partial charge in [0, 0.05) is 53.4 Å². The summed E-state index contributed by atoms with van der Waals surface area (Å²) in [5.74, 6) is 0.261. The predicted molar refractivity (Wildman–Crippen MR) is 127 cm³/mol. The molecular weight excluding hydrogens is 406 g/mol. The Morgan fingerprint density at radius 3 is 2.26 bits per heavy atom. The second-order valence-corrected chi connectivity index (χ2v) is 8.94. The van der Waals surface area contributed by atoms with E-state index in [1.807, 2.05) is 41.3 Å². The molecule has 0 atom stereocenters. The summed E-state index contributed by atoms with van der Waals surface area (Å²) in [6.07, 6.45) is 0. The lowest BCUT2D eigenvalue weighted by atomic mass is 10.1. The van der Waals surface area contributed by atoms with Crippen molar-refractivity contribution in [3.63, 3.8) is 0 Å². The number of phenols is 1. The minimum absolute atomic E-state index is 0.0786. The van der Waals surface area contributed by atoms with Gasteiger partial charge in [-0.1, -0.05) is 23.9 Å². The molecule has 2 N–H and O–H groups in total. The number of aryl methyl sites for hydroxylation is 2. The molecule has 1 aliphatic heterocycles. The summed E-state index contributed by atoms with van der Waals surface area (Å²) in [6, 6.07) is 21.6. The SMILES string of the molecule is Cc1ccc(Sc2ccc(NC(=O)N3CCN(c4cccc(O)c4)CC3)cc2)cc1C. The van der Waals surface area contributed by atoms with Gasteiger partial charge in [-0.15, -0.1) is 0 Å². The number of nitrogens with zero attached hydrogens (tertiary/aromatic N) is 2. The van der Waals surface area contributed by atoms with Crippen molar-refractivity contribution >= 4 is 29.2 Å². The Morgan fingerprint density at radius 1 is 0.871 bits per heavy atom. The zero-order chi connectivity index (χ0) is 21.8. The maximum atomic E-state index is 12.7. The highest BCUT2D eigenvalue weighted by molar-refractivity contribution is 7.99. The summed E-state index contributed by atoms with van der Waals surface area (Å²) in [5, 5.41) is 12.7. The van der Waals surface area contributed by atoms with Crippen molar-refractivity contribution in [1.29, 1.82) is 0 Å². The molecule has 0 bridgehead atoms. The number of benzene rings is 3. The number of urea groups is 1. The molecule has 0 radical (unpaired) electrons. The zero-order valence-corrected chi connectivity index (χ0v) is 18.7. The van der Waals surface area contributed by atoms with Gasteiger partial charge >= 0.3 is 6.03 Å². The maximum Gasteiger partial charge on any atom is 0.321 e. The number of rotatable bonds is 4. The minimum Gasteiger partial charge on any atom is -0.508 e. The molecule has 4 rings (SSSR count). The third-order valence-corrected chi connectivity index (χ3v) is 6.58. The first-order chi connectivity index (χ1) is 15.0. The van der Waals surface area contributed by atoms with E-state index in [-0.39, 0.29) is 11.8 Å². The number of amides is 2. The highest BCUT2D eigenvalue weighted by Crippen LogP contribution is 2.30. The lowest BCUT2D eigenvalue weighted by molar-refractivity contribution is 0.208. The molecule has 31 heavy (non-hydrogen) atoms. The van der Waals surface area contributed by atoms with Crippen molar-refractivity contribution in [3.05, 3.63) is 77.9 Å². The minimum atomic E-state index is -0.0786. The number of anilines is 2. The molecule has 0 aromatic heterocycles. The number of hydrogen-bond donors (Lipinski definition) is 2. The van der Waals surface area contributed by atoms with E-state index < -0.39 is 0 Å². The van der Waals surface area contributed by atoms with Crippen LogP contribution >= 0.6 is 11.8 Å². The van der Waals surface area contributed by atoms with Gasteiger partial charge in [0.25, 0.3) is 0 Å². The molecule has 3 aromatic carbocycles. The average molecular weight is 434 g/mol. The van der Waals surface area contributed by atoms with E-state index in [1.165, 1.54) is 16.0 Å². The van der Waals surface area contributed by atoms with Crippen LogP contribution in [0.3, 0.4) is 0 Å². The second-order valence-electron chi connectivity index (χ2n) is 7.80. The first-order valence-corrected chi connectivity index (χ1v) is 11.2. The number of carbonyl (C=O) groups excluding carboxylic acids is 1. The molecule has 160 valence electrons. The van der Waals surface area contributed by atoms with Gasteiger partial charge in [0.05, 0.1) is 0 Å². The van der Waals surface area contributed by atoms with Crippen LogP contribution in [0.4, 0.5) is 16.2 Å². The molecular formula is C25H27N3O2S. The molecule has 3 aromatic rings. The fourth-order valence-electron chi connectivity index (χ4n) is 3.58. The molecule has 1 fully saturated rings. The third-order valence-electron chi connectivity index (χ3n) is 5.58. The van der Waals surface area contributed by atoms with E-state index in [9.17, 15) is 9.90 Å². The summed E-state index contributed by atoms with van der Waals surface area (Å²) in [7, 11) is 0. The molecule has 1 heterocycles. The first-order valence-electron chi connectivity index (χ1n) is 10.4. The number of carbonyl (C=O) groups is 1. The van der Waals surface area contributed by atoms with Gasteiger partial charge in [0.15, 0.2) is 0 Å². The number of hydrogen-bond acceptors (Lipinski definition) is 4.